The van der Waals surface area contributed by atoms with Crippen molar-refractivity contribution in [1.82, 2.24) is 5.32 Å². The largest absolute Gasteiger partial charge is 0.394 e. The van der Waals surface area contributed by atoms with Crippen molar-refractivity contribution in [3.05, 3.63) is 0 Å². The van der Waals surface area contributed by atoms with Gasteiger partial charge in [-0.15, -0.1) is 0 Å². The fraction of sp³-hybridized carbons (Fsp3) is 1.00. The fourth-order valence-corrected chi connectivity index (χ4v) is 4.53. The first-order valence-corrected chi connectivity index (χ1v) is 5.44. The van der Waals surface area contributed by atoms with Gasteiger partial charge in [0.25, 0.3) is 0 Å². The standard InChI is InChI=1S/C11H19NO/c1-9-6-12-11(7-13)5-8(9)3-4-10(9,11)2/h8,12-13H,3-7H2,1-2H3/t8-,9-,10+,11-/m0/s1. The third-order valence-corrected chi connectivity index (χ3v) is 5.87. The van der Waals surface area contributed by atoms with Crippen LogP contribution in [0.15, 0.2) is 0 Å². The van der Waals surface area contributed by atoms with E-state index in [1.165, 1.54) is 19.3 Å². The zero-order valence-electron chi connectivity index (χ0n) is 8.56. The molecule has 2 heteroatoms. The highest BCUT2D eigenvalue weighted by Crippen LogP contribution is 2.72. The van der Waals surface area contributed by atoms with E-state index in [0.717, 1.165) is 12.5 Å². The van der Waals surface area contributed by atoms with E-state index in [2.05, 4.69) is 19.2 Å². The normalized spacial score (nSPS) is 63.5. The van der Waals surface area contributed by atoms with Gasteiger partial charge in [0.2, 0.25) is 0 Å². The van der Waals surface area contributed by atoms with Crippen molar-refractivity contribution in [3.8, 4) is 0 Å². The highest BCUT2D eigenvalue weighted by atomic mass is 16.3. The summed E-state index contributed by atoms with van der Waals surface area (Å²) in [5.41, 5.74) is 0.903. The minimum Gasteiger partial charge on any atom is -0.394 e. The van der Waals surface area contributed by atoms with Crippen LogP contribution in [-0.2, 0) is 0 Å². The Morgan fingerprint density at radius 1 is 1.46 bits per heavy atom. The Hall–Kier alpha value is -0.0800. The zero-order chi connectivity index (χ0) is 9.32. The molecule has 0 spiro atoms. The van der Waals surface area contributed by atoms with Crippen molar-refractivity contribution in [2.45, 2.75) is 38.6 Å². The first-order valence-electron chi connectivity index (χ1n) is 5.44. The molecule has 0 aromatic carbocycles. The Balaban J connectivity index is 2.14. The average Bonchev–Trinajstić information content (AvgIpc) is 2.58. The van der Waals surface area contributed by atoms with Crippen molar-refractivity contribution in [2.24, 2.45) is 16.7 Å². The van der Waals surface area contributed by atoms with Gasteiger partial charge in [-0.05, 0) is 36.0 Å². The van der Waals surface area contributed by atoms with Crippen LogP contribution < -0.4 is 5.32 Å². The first kappa shape index (κ1) is 8.25. The topological polar surface area (TPSA) is 32.3 Å². The third-order valence-electron chi connectivity index (χ3n) is 5.87. The second kappa shape index (κ2) is 1.96. The molecule has 13 heavy (non-hydrogen) atoms. The van der Waals surface area contributed by atoms with Crippen LogP contribution in [0.2, 0.25) is 0 Å². The summed E-state index contributed by atoms with van der Waals surface area (Å²) in [4.78, 5) is 0. The molecule has 3 rings (SSSR count). The molecular weight excluding hydrogens is 162 g/mol. The summed E-state index contributed by atoms with van der Waals surface area (Å²) in [6.45, 7) is 6.25. The van der Waals surface area contributed by atoms with E-state index in [1.807, 2.05) is 0 Å². The van der Waals surface area contributed by atoms with Gasteiger partial charge in [-0.2, -0.15) is 0 Å². The van der Waals surface area contributed by atoms with Crippen molar-refractivity contribution in [1.29, 1.82) is 0 Å². The van der Waals surface area contributed by atoms with E-state index in [9.17, 15) is 5.11 Å². The maximum atomic E-state index is 9.58. The Kier molecular flexibility index (Phi) is 1.24. The molecule has 4 bridgehead atoms. The Morgan fingerprint density at radius 2 is 2.23 bits per heavy atom. The molecule has 0 aromatic rings. The van der Waals surface area contributed by atoms with Gasteiger partial charge < -0.3 is 10.4 Å². The molecule has 0 amide bonds. The number of rotatable bonds is 1. The molecule has 3 aliphatic rings. The lowest BCUT2D eigenvalue weighted by atomic mass is 9.66. The smallest absolute Gasteiger partial charge is 0.0619 e. The highest BCUT2D eigenvalue weighted by Gasteiger charge is 2.74. The molecule has 4 atom stereocenters. The van der Waals surface area contributed by atoms with Gasteiger partial charge >= 0.3 is 0 Å². The van der Waals surface area contributed by atoms with E-state index in [4.69, 9.17) is 0 Å². The molecule has 0 unspecified atom stereocenters. The molecule has 3 fully saturated rings. The second-order valence-electron chi connectivity index (χ2n) is 5.78. The van der Waals surface area contributed by atoms with Crippen LogP contribution in [0.3, 0.4) is 0 Å². The fourth-order valence-electron chi connectivity index (χ4n) is 4.53. The van der Waals surface area contributed by atoms with Crippen LogP contribution in [0.5, 0.6) is 0 Å². The zero-order valence-corrected chi connectivity index (χ0v) is 8.56. The number of hydrogen-bond acceptors (Lipinski definition) is 2. The molecule has 0 radical (unpaired) electrons. The van der Waals surface area contributed by atoms with Gasteiger partial charge in [0, 0.05) is 12.1 Å². The summed E-state index contributed by atoms with van der Waals surface area (Å²) in [6.07, 6.45) is 3.90. The van der Waals surface area contributed by atoms with Gasteiger partial charge in [-0.1, -0.05) is 13.8 Å². The molecule has 2 aliphatic carbocycles. The lowest BCUT2D eigenvalue weighted by Gasteiger charge is -2.41. The van der Waals surface area contributed by atoms with E-state index in [-0.39, 0.29) is 5.54 Å². The van der Waals surface area contributed by atoms with Gasteiger partial charge in [-0.25, -0.2) is 0 Å². The number of aliphatic hydroxyl groups is 1. The predicted molar refractivity (Wildman–Crippen MR) is 51.4 cm³/mol. The van der Waals surface area contributed by atoms with Crippen molar-refractivity contribution in [3.63, 3.8) is 0 Å². The summed E-state index contributed by atoms with van der Waals surface area (Å²) in [7, 11) is 0. The molecule has 1 saturated heterocycles. The maximum absolute atomic E-state index is 9.58. The summed E-state index contributed by atoms with van der Waals surface area (Å²) in [5, 5.41) is 13.2. The maximum Gasteiger partial charge on any atom is 0.0619 e. The van der Waals surface area contributed by atoms with Crippen LogP contribution in [0.1, 0.15) is 33.1 Å². The molecule has 2 saturated carbocycles. The number of nitrogens with one attached hydrogen (secondary N) is 1. The van der Waals surface area contributed by atoms with Gasteiger partial charge in [-0.3, -0.25) is 0 Å². The van der Waals surface area contributed by atoms with Crippen LogP contribution in [0, 0.1) is 16.7 Å². The molecule has 1 heterocycles. The number of piperidine rings is 1. The molecule has 1 aliphatic heterocycles. The molecular formula is C11H19NO. The number of aliphatic hydroxyl groups excluding tert-OH is 1. The van der Waals surface area contributed by atoms with E-state index >= 15 is 0 Å². The minimum absolute atomic E-state index is 0.0741. The summed E-state index contributed by atoms with van der Waals surface area (Å²) >= 11 is 0. The Bertz CT molecular complexity index is 267. The van der Waals surface area contributed by atoms with E-state index < -0.39 is 0 Å². The first-order chi connectivity index (χ1) is 6.08. The Labute approximate surface area is 79.7 Å². The molecule has 0 aromatic heterocycles. The highest BCUT2D eigenvalue weighted by molar-refractivity contribution is 5.27. The van der Waals surface area contributed by atoms with Gasteiger partial charge in [0.1, 0.15) is 0 Å². The summed E-state index contributed by atoms with van der Waals surface area (Å²) in [5.74, 6) is 0.867. The van der Waals surface area contributed by atoms with Crippen LogP contribution >= 0.6 is 0 Å². The third kappa shape index (κ3) is 0.581. The molecule has 2 nitrogen and oxygen atoms in total. The van der Waals surface area contributed by atoms with Crippen LogP contribution in [0.25, 0.3) is 0 Å². The molecule has 74 valence electrons. The second-order valence-corrected chi connectivity index (χ2v) is 5.78. The summed E-state index contributed by atoms with van der Waals surface area (Å²) < 4.78 is 0. The number of hydrogen-bond donors (Lipinski definition) is 2. The lowest BCUT2D eigenvalue weighted by molar-refractivity contribution is 0.0650. The quantitative estimate of drug-likeness (QED) is 0.636. The van der Waals surface area contributed by atoms with Crippen molar-refractivity contribution >= 4 is 0 Å². The Morgan fingerprint density at radius 3 is 2.69 bits per heavy atom. The lowest BCUT2D eigenvalue weighted by Crippen LogP contribution is -2.53. The predicted octanol–water partition coefficient (Wildman–Crippen LogP) is 1.15. The SMILES string of the molecule is C[C@]12CC[C@H]3C[C@@]1(CO)NC[C@@]32C. The monoisotopic (exact) mass is 181 g/mol. The van der Waals surface area contributed by atoms with Crippen LogP contribution in [0.4, 0.5) is 0 Å². The van der Waals surface area contributed by atoms with Crippen LogP contribution in [-0.4, -0.2) is 23.8 Å². The van der Waals surface area contributed by atoms with Crippen molar-refractivity contribution < 1.29 is 5.11 Å². The minimum atomic E-state index is 0.0741. The summed E-state index contributed by atoms with van der Waals surface area (Å²) in [6, 6.07) is 0. The van der Waals surface area contributed by atoms with Gasteiger partial charge in [0.05, 0.1) is 6.61 Å². The average molecular weight is 181 g/mol. The van der Waals surface area contributed by atoms with Crippen molar-refractivity contribution in [2.75, 3.05) is 13.2 Å². The van der Waals surface area contributed by atoms with E-state index in [1.54, 1.807) is 0 Å². The van der Waals surface area contributed by atoms with E-state index in [0.29, 0.717) is 17.4 Å². The van der Waals surface area contributed by atoms with Gasteiger partial charge in [0.15, 0.2) is 0 Å². The molecule has 2 N–H and O–H groups in total.